The molecule has 0 aliphatic heterocycles. The van der Waals surface area contributed by atoms with Gasteiger partial charge >= 0.3 is 0 Å². The monoisotopic (exact) mass is 646 g/mol. The molecule has 3 aromatic carbocycles. The van der Waals surface area contributed by atoms with Crippen LogP contribution in [0, 0.1) is 11.3 Å². The lowest BCUT2D eigenvalue weighted by molar-refractivity contribution is 0.816. The molecule has 11 nitrogen and oxygen atoms in total. The number of halogens is 3. The standard InChI is InChI=1S/C30H25Cl3N10O/c1-43-26(44)24(14-15-34)25(20-6-12-23(33)13-7-20)37-30(43)42-41-29-39-27(35-16-18-2-8-21(31)9-3-18)38-28(40-29)36-17-19-4-10-22(32)11-5-19/h2-13H,14,16-17H2,1H3,(H,37,42)(H3,35,36,38,39,40,41). The molecular weight excluding hydrogens is 623 g/mol. The zero-order chi connectivity index (χ0) is 31.1. The highest BCUT2D eigenvalue weighted by molar-refractivity contribution is 6.31. The summed E-state index contributed by atoms with van der Waals surface area (Å²) in [4.78, 5) is 31.3. The van der Waals surface area contributed by atoms with Gasteiger partial charge in [0.2, 0.25) is 23.8 Å². The lowest BCUT2D eigenvalue weighted by Gasteiger charge is -2.16. The van der Waals surface area contributed by atoms with E-state index in [0.29, 0.717) is 51.3 Å². The fourth-order valence-corrected chi connectivity index (χ4v) is 4.49. The van der Waals surface area contributed by atoms with E-state index >= 15 is 0 Å². The van der Waals surface area contributed by atoms with E-state index in [1.54, 1.807) is 55.6 Å². The van der Waals surface area contributed by atoms with E-state index in [1.165, 1.54) is 4.57 Å². The third-order valence-corrected chi connectivity index (χ3v) is 7.16. The van der Waals surface area contributed by atoms with Gasteiger partial charge in [-0.2, -0.15) is 20.2 Å². The molecule has 222 valence electrons. The molecule has 0 saturated carbocycles. The first kappa shape index (κ1) is 30.6. The summed E-state index contributed by atoms with van der Waals surface area (Å²) < 4.78 is 1.31. The summed E-state index contributed by atoms with van der Waals surface area (Å²) in [5.74, 6) is 0.922. The van der Waals surface area contributed by atoms with E-state index < -0.39 is 0 Å². The molecule has 0 atom stereocenters. The average molecular weight is 648 g/mol. The molecule has 0 saturated heterocycles. The van der Waals surface area contributed by atoms with Crippen LogP contribution in [0.2, 0.25) is 15.1 Å². The molecule has 0 bridgehead atoms. The van der Waals surface area contributed by atoms with E-state index in [9.17, 15) is 10.1 Å². The van der Waals surface area contributed by atoms with Gasteiger partial charge in [-0.05, 0) is 47.5 Å². The summed E-state index contributed by atoms with van der Waals surface area (Å²) in [5.41, 5.74) is 8.71. The van der Waals surface area contributed by atoms with Crippen molar-refractivity contribution in [1.29, 1.82) is 5.26 Å². The van der Waals surface area contributed by atoms with Gasteiger partial charge in [0, 0.05) is 40.8 Å². The molecule has 2 aromatic heterocycles. The molecule has 0 radical (unpaired) electrons. The minimum Gasteiger partial charge on any atom is -0.350 e. The second kappa shape index (κ2) is 14.1. The minimum atomic E-state index is -0.373. The maximum Gasteiger partial charge on any atom is 0.259 e. The first-order valence-electron chi connectivity index (χ1n) is 13.3. The molecule has 0 spiro atoms. The zero-order valence-electron chi connectivity index (χ0n) is 23.3. The number of aromatic nitrogens is 5. The van der Waals surface area contributed by atoms with Gasteiger partial charge in [-0.15, -0.1) is 0 Å². The Morgan fingerprint density at radius 2 is 1.18 bits per heavy atom. The van der Waals surface area contributed by atoms with Crippen molar-refractivity contribution in [2.24, 2.45) is 7.05 Å². The quantitative estimate of drug-likeness (QED) is 0.120. The van der Waals surface area contributed by atoms with Gasteiger partial charge in [0.25, 0.3) is 5.56 Å². The smallest absolute Gasteiger partial charge is 0.259 e. The van der Waals surface area contributed by atoms with Crippen molar-refractivity contribution in [3.8, 4) is 17.3 Å². The topological polar surface area (TPSA) is 145 Å². The van der Waals surface area contributed by atoms with Gasteiger partial charge in [-0.1, -0.05) is 71.2 Å². The van der Waals surface area contributed by atoms with Gasteiger partial charge in [-0.25, -0.2) is 4.98 Å². The van der Waals surface area contributed by atoms with Crippen LogP contribution in [0.5, 0.6) is 0 Å². The predicted molar refractivity (Wildman–Crippen MR) is 174 cm³/mol. The molecule has 44 heavy (non-hydrogen) atoms. The Morgan fingerprint density at radius 1 is 0.705 bits per heavy atom. The Kier molecular flexibility index (Phi) is 9.76. The highest BCUT2D eigenvalue weighted by Gasteiger charge is 2.17. The van der Waals surface area contributed by atoms with Crippen LogP contribution in [0.4, 0.5) is 23.8 Å². The molecule has 5 rings (SSSR count). The van der Waals surface area contributed by atoms with E-state index in [-0.39, 0.29) is 29.4 Å². The van der Waals surface area contributed by atoms with Crippen LogP contribution < -0.4 is 27.0 Å². The minimum absolute atomic E-state index is 0.107. The molecule has 0 unspecified atom stereocenters. The van der Waals surface area contributed by atoms with Gasteiger partial charge in [0.1, 0.15) is 0 Å². The maximum absolute atomic E-state index is 13.2. The van der Waals surface area contributed by atoms with E-state index in [4.69, 9.17) is 34.8 Å². The van der Waals surface area contributed by atoms with Crippen LogP contribution in [0.15, 0.2) is 77.6 Å². The van der Waals surface area contributed by atoms with Crippen LogP contribution in [-0.4, -0.2) is 24.5 Å². The first-order valence-corrected chi connectivity index (χ1v) is 14.4. The van der Waals surface area contributed by atoms with Crippen molar-refractivity contribution in [1.82, 2.24) is 24.5 Å². The molecule has 0 amide bonds. The van der Waals surface area contributed by atoms with Gasteiger partial charge in [-0.3, -0.25) is 20.2 Å². The van der Waals surface area contributed by atoms with Crippen molar-refractivity contribution in [3.63, 3.8) is 0 Å². The number of nitriles is 1. The summed E-state index contributed by atoms with van der Waals surface area (Å²) in [6.45, 7) is 0.872. The van der Waals surface area contributed by atoms with Crippen LogP contribution in [0.1, 0.15) is 16.7 Å². The first-order chi connectivity index (χ1) is 21.3. The van der Waals surface area contributed by atoms with Crippen molar-refractivity contribution < 1.29 is 0 Å². The van der Waals surface area contributed by atoms with Crippen LogP contribution in [-0.2, 0) is 26.6 Å². The van der Waals surface area contributed by atoms with Crippen molar-refractivity contribution in [2.75, 3.05) is 21.5 Å². The van der Waals surface area contributed by atoms with Crippen molar-refractivity contribution in [3.05, 3.63) is 115 Å². The lowest BCUT2D eigenvalue weighted by Crippen LogP contribution is -2.28. The summed E-state index contributed by atoms with van der Waals surface area (Å²) in [6, 6.07) is 23.7. The molecule has 5 aromatic rings. The second-order valence-electron chi connectivity index (χ2n) is 9.48. The molecular formula is C30H25Cl3N10O. The Morgan fingerprint density at radius 3 is 1.68 bits per heavy atom. The second-order valence-corrected chi connectivity index (χ2v) is 10.8. The normalized spacial score (nSPS) is 10.6. The van der Waals surface area contributed by atoms with E-state index in [1.807, 2.05) is 30.3 Å². The summed E-state index contributed by atoms with van der Waals surface area (Å²) >= 11 is 18.1. The predicted octanol–water partition coefficient (Wildman–Crippen LogP) is 6.32. The summed E-state index contributed by atoms with van der Waals surface area (Å²) in [6.07, 6.45) is -0.107. The third-order valence-electron chi connectivity index (χ3n) is 6.41. The number of anilines is 4. The number of nitrogens with zero attached hydrogens (tertiary/aromatic N) is 6. The molecule has 14 heteroatoms. The lowest BCUT2D eigenvalue weighted by atomic mass is 10.1. The molecule has 0 aliphatic carbocycles. The van der Waals surface area contributed by atoms with Gasteiger partial charge in [0.05, 0.1) is 23.7 Å². The van der Waals surface area contributed by atoms with Crippen LogP contribution in [0.25, 0.3) is 11.3 Å². The van der Waals surface area contributed by atoms with Crippen molar-refractivity contribution >= 4 is 58.6 Å². The highest BCUT2D eigenvalue weighted by Crippen LogP contribution is 2.24. The Balaban J connectivity index is 1.42. The maximum atomic E-state index is 13.2. The van der Waals surface area contributed by atoms with Crippen molar-refractivity contribution in [2.45, 2.75) is 19.5 Å². The number of hydrogen-bond donors (Lipinski definition) is 4. The van der Waals surface area contributed by atoms with E-state index in [0.717, 1.165) is 11.1 Å². The van der Waals surface area contributed by atoms with Crippen LogP contribution >= 0.6 is 34.8 Å². The third kappa shape index (κ3) is 7.73. The number of rotatable bonds is 11. The molecule has 0 fully saturated rings. The summed E-state index contributed by atoms with van der Waals surface area (Å²) in [7, 11) is 1.55. The Labute approximate surface area is 267 Å². The fraction of sp³-hybridized carbons (Fsp3) is 0.133. The SMILES string of the molecule is Cn1c(NNc2nc(NCc3ccc(Cl)cc3)nc(NCc3ccc(Cl)cc3)n2)nc(-c2ccc(Cl)cc2)c(CC#N)c1=O. The number of nitrogens with one attached hydrogen (secondary N) is 4. The Hall–Kier alpha value is -4.89. The molecule has 4 N–H and O–H groups in total. The van der Waals surface area contributed by atoms with Crippen LogP contribution in [0.3, 0.4) is 0 Å². The van der Waals surface area contributed by atoms with E-state index in [2.05, 4.69) is 41.4 Å². The fourth-order valence-electron chi connectivity index (χ4n) is 4.11. The number of benzene rings is 3. The average Bonchev–Trinajstić information content (AvgIpc) is 3.03. The summed E-state index contributed by atoms with van der Waals surface area (Å²) in [5, 5.41) is 17.6. The van der Waals surface area contributed by atoms with Gasteiger partial charge < -0.3 is 10.6 Å². The number of hydrazine groups is 1. The van der Waals surface area contributed by atoms with Gasteiger partial charge in [0.15, 0.2) is 0 Å². The molecule has 0 aliphatic rings. The molecule has 2 heterocycles. The zero-order valence-corrected chi connectivity index (χ0v) is 25.5. The Bertz CT molecular complexity index is 1790. The number of hydrogen-bond acceptors (Lipinski definition) is 10. The largest absolute Gasteiger partial charge is 0.350 e. The highest BCUT2D eigenvalue weighted by atomic mass is 35.5.